The van der Waals surface area contributed by atoms with Crippen molar-refractivity contribution < 1.29 is 14.3 Å². The SMILES string of the molecule is COc1ccc(CCN(C)C(=O)CCCCCN)cc1OC. The number of hydrogen-bond acceptors (Lipinski definition) is 4. The first-order valence-electron chi connectivity index (χ1n) is 7.77. The molecule has 2 N–H and O–H groups in total. The van der Waals surface area contributed by atoms with Crippen molar-refractivity contribution in [1.29, 1.82) is 0 Å². The number of amides is 1. The number of carbonyl (C=O) groups is 1. The molecule has 0 saturated heterocycles. The van der Waals surface area contributed by atoms with Gasteiger partial charge in [0.05, 0.1) is 14.2 Å². The third-order valence-electron chi connectivity index (χ3n) is 3.70. The van der Waals surface area contributed by atoms with Crippen LogP contribution in [0.5, 0.6) is 11.5 Å². The van der Waals surface area contributed by atoms with Gasteiger partial charge >= 0.3 is 0 Å². The fourth-order valence-corrected chi connectivity index (χ4v) is 2.25. The van der Waals surface area contributed by atoms with E-state index in [1.54, 1.807) is 19.1 Å². The Hall–Kier alpha value is -1.75. The number of ether oxygens (including phenoxy) is 2. The normalized spacial score (nSPS) is 10.4. The van der Waals surface area contributed by atoms with Crippen LogP contribution in [0.1, 0.15) is 31.2 Å². The summed E-state index contributed by atoms with van der Waals surface area (Å²) in [5, 5.41) is 0. The van der Waals surface area contributed by atoms with Gasteiger partial charge in [0.25, 0.3) is 0 Å². The average molecular weight is 308 g/mol. The van der Waals surface area contributed by atoms with Crippen molar-refractivity contribution in [2.75, 3.05) is 34.4 Å². The molecule has 0 spiro atoms. The summed E-state index contributed by atoms with van der Waals surface area (Å²) < 4.78 is 10.5. The Morgan fingerprint density at radius 3 is 2.50 bits per heavy atom. The van der Waals surface area contributed by atoms with Crippen molar-refractivity contribution in [2.24, 2.45) is 5.73 Å². The van der Waals surface area contributed by atoms with Crippen LogP contribution in [0.2, 0.25) is 0 Å². The Morgan fingerprint density at radius 2 is 1.86 bits per heavy atom. The van der Waals surface area contributed by atoms with Crippen molar-refractivity contribution >= 4 is 5.91 Å². The number of benzene rings is 1. The predicted octanol–water partition coefficient (Wildman–Crippen LogP) is 2.22. The van der Waals surface area contributed by atoms with E-state index in [1.807, 2.05) is 25.2 Å². The van der Waals surface area contributed by atoms with E-state index < -0.39 is 0 Å². The topological polar surface area (TPSA) is 64.8 Å². The van der Waals surface area contributed by atoms with E-state index in [9.17, 15) is 4.79 Å². The van der Waals surface area contributed by atoms with Gasteiger partial charge in [0, 0.05) is 20.0 Å². The molecule has 0 heterocycles. The molecule has 0 aliphatic heterocycles. The number of nitrogens with zero attached hydrogens (tertiary/aromatic N) is 1. The molecule has 0 saturated carbocycles. The van der Waals surface area contributed by atoms with Gasteiger partial charge in [-0.1, -0.05) is 12.5 Å². The van der Waals surface area contributed by atoms with E-state index in [4.69, 9.17) is 15.2 Å². The summed E-state index contributed by atoms with van der Waals surface area (Å²) in [4.78, 5) is 13.8. The molecule has 5 heteroatoms. The van der Waals surface area contributed by atoms with Crippen molar-refractivity contribution in [1.82, 2.24) is 4.90 Å². The molecule has 124 valence electrons. The molecule has 0 aliphatic carbocycles. The molecule has 1 amide bonds. The third kappa shape index (κ3) is 5.93. The van der Waals surface area contributed by atoms with Crippen LogP contribution in [0.3, 0.4) is 0 Å². The third-order valence-corrected chi connectivity index (χ3v) is 3.70. The minimum Gasteiger partial charge on any atom is -0.493 e. The number of carbonyl (C=O) groups excluding carboxylic acids is 1. The summed E-state index contributed by atoms with van der Waals surface area (Å²) in [5.74, 6) is 1.63. The largest absolute Gasteiger partial charge is 0.493 e. The summed E-state index contributed by atoms with van der Waals surface area (Å²) in [7, 11) is 5.10. The number of nitrogens with two attached hydrogens (primary N) is 1. The van der Waals surface area contributed by atoms with E-state index in [2.05, 4.69) is 0 Å². The summed E-state index contributed by atoms with van der Waals surface area (Å²) in [6.07, 6.45) is 4.32. The van der Waals surface area contributed by atoms with Gasteiger partial charge in [-0.15, -0.1) is 0 Å². The molecule has 1 aromatic carbocycles. The summed E-state index contributed by atoms with van der Waals surface area (Å²) in [6.45, 7) is 1.40. The quantitative estimate of drug-likeness (QED) is 0.673. The van der Waals surface area contributed by atoms with Gasteiger partial charge in [0.15, 0.2) is 11.5 Å². The molecular formula is C17H28N2O3. The van der Waals surface area contributed by atoms with Gasteiger partial charge in [-0.3, -0.25) is 4.79 Å². The predicted molar refractivity (Wildman–Crippen MR) is 88.4 cm³/mol. The molecule has 0 atom stereocenters. The van der Waals surface area contributed by atoms with Crippen molar-refractivity contribution in [2.45, 2.75) is 32.1 Å². The first-order valence-corrected chi connectivity index (χ1v) is 7.77. The maximum atomic E-state index is 12.0. The zero-order valence-corrected chi connectivity index (χ0v) is 13.9. The number of unbranched alkanes of at least 4 members (excludes halogenated alkanes) is 2. The zero-order valence-electron chi connectivity index (χ0n) is 13.9. The van der Waals surface area contributed by atoms with Crippen LogP contribution in [0, 0.1) is 0 Å². The summed E-state index contributed by atoms with van der Waals surface area (Å²) in [5.41, 5.74) is 6.57. The fourth-order valence-electron chi connectivity index (χ4n) is 2.25. The minimum absolute atomic E-state index is 0.192. The molecule has 0 bridgehead atoms. The van der Waals surface area contributed by atoms with Crippen molar-refractivity contribution in [3.05, 3.63) is 23.8 Å². The smallest absolute Gasteiger partial charge is 0.222 e. The number of rotatable bonds is 10. The monoisotopic (exact) mass is 308 g/mol. The molecule has 5 nitrogen and oxygen atoms in total. The maximum absolute atomic E-state index is 12.0. The van der Waals surface area contributed by atoms with Gasteiger partial charge < -0.3 is 20.1 Å². The second-order valence-electron chi connectivity index (χ2n) is 5.35. The van der Waals surface area contributed by atoms with Crippen LogP contribution < -0.4 is 15.2 Å². The molecule has 0 fully saturated rings. The lowest BCUT2D eigenvalue weighted by Crippen LogP contribution is -2.28. The lowest BCUT2D eigenvalue weighted by molar-refractivity contribution is -0.130. The number of likely N-dealkylation sites (N-methyl/N-ethyl adjacent to an activating group) is 1. The Labute approximate surface area is 133 Å². The van der Waals surface area contributed by atoms with E-state index in [0.29, 0.717) is 19.5 Å². The van der Waals surface area contributed by atoms with E-state index >= 15 is 0 Å². The van der Waals surface area contributed by atoms with Crippen LogP contribution in [0.4, 0.5) is 0 Å². The molecule has 22 heavy (non-hydrogen) atoms. The van der Waals surface area contributed by atoms with Crippen LogP contribution >= 0.6 is 0 Å². The summed E-state index contributed by atoms with van der Waals surface area (Å²) >= 11 is 0. The van der Waals surface area contributed by atoms with Gasteiger partial charge in [0.2, 0.25) is 5.91 Å². The van der Waals surface area contributed by atoms with Crippen LogP contribution in [0.15, 0.2) is 18.2 Å². The zero-order chi connectivity index (χ0) is 16.4. The number of hydrogen-bond donors (Lipinski definition) is 1. The average Bonchev–Trinajstić information content (AvgIpc) is 2.55. The first-order chi connectivity index (χ1) is 10.6. The van der Waals surface area contributed by atoms with Gasteiger partial charge in [-0.05, 0) is 43.5 Å². The summed E-state index contributed by atoms with van der Waals surface area (Å²) in [6, 6.07) is 5.85. The molecule has 0 unspecified atom stereocenters. The molecule has 1 rings (SSSR count). The highest BCUT2D eigenvalue weighted by molar-refractivity contribution is 5.75. The fraction of sp³-hybridized carbons (Fsp3) is 0.588. The Bertz CT molecular complexity index is 463. The van der Waals surface area contributed by atoms with Crippen LogP contribution in [-0.2, 0) is 11.2 Å². The van der Waals surface area contributed by atoms with Gasteiger partial charge in [-0.25, -0.2) is 0 Å². The second-order valence-corrected chi connectivity index (χ2v) is 5.35. The second kappa shape index (κ2) is 10.1. The molecule has 0 aromatic heterocycles. The van der Waals surface area contributed by atoms with E-state index in [1.165, 1.54) is 0 Å². The van der Waals surface area contributed by atoms with E-state index in [0.717, 1.165) is 42.7 Å². The van der Waals surface area contributed by atoms with E-state index in [-0.39, 0.29) is 5.91 Å². The highest BCUT2D eigenvalue weighted by Crippen LogP contribution is 2.27. The van der Waals surface area contributed by atoms with Crippen molar-refractivity contribution in [3.8, 4) is 11.5 Å². The lowest BCUT2D eigenvalue weighted by Gasteiger charge is -2.17. The Kier molecular flexibility index (Phi) is 8.36. The molecule has 0 radical (unpaired) electrons. The van der Waals surface area contributed by atoms with Gasteiger partial charge in [0.1, 0.15) is 0 Å². The molecule has 0 aliphatic rings. The highest BCUT2D eigenvalue weighted by atomic mass is 16.5. The van der Waals surface area contributed by atoms with Gasteiger partial charge in [-0.2, -0.15) is 0 Å². The number of methoxy groups -OCH3 is 2. The Morgan fingerprint density at radius 1 is 1.14 bits per heavy atom. The first kappa shape index (κ1) is 18.3. The minimum atomic E-state index is 0.192. The maximum Gasteiger partial charge on any atom is 0.222 e. The lowest BCUT2D eigenvalue weighted by atomic mass is 10.1. The van der Waals surface area contributed by atoms with Crippen molar-refractivity contribution in [3.63, 3.8) is 0 Å². The molecule has 1 aromatic rings. The van der Waals surface area contributed by atoms with Crippen LogP contribution in [-0.4, -0.2) is 45.2 Å². The Balaban J connectivity index is 2.43. The highest BCUT2D eigenvalue weighted by Gasteiger charge is 2.09. The molecular weight excluding hydrogens is 280 g/mol. The standard InChI is InChI=1S/C17H28N2O3/c1-19(17(20)7-5-4-6-11-18)12-10-14-8-9-15(21-2)16(13-14)22-3/h8-9,13H,4-7,10-12,18H2,1-3H3. The van der Waals surface area contributed by atoms with Crippen LogP contribution in [0.25, 0.3) is 0 Å².